The number of rotatable bonds is 5. The Labute approximate surface area is 166 Å². The monoisotopic (exact) mass is 402 g/mol. The Hall–Kier alpha value is -2.22. The molecular weight excluding hydrogens is 376 g/mol. The van der Waals surface area contributed by atoms with E-state index in [1.165, 1.54) is 16.4 Å². The molecule has 0 spiro atoms. The number of ether oxygens (including phenoxy) is 1. The molecule has 0 N–H and O–H groups in total. The Balaban J connectivity index is 1.87. The molecule has 28 heavy (non-hydrogen) atoms. The zero-order valence-electron chi connectivity index (χ0n) is 16.5. The molecule has 2 aromatic carbocycles. The topological polar surface area (TPSA) is 66.9 Å². The molecule has 1 saturated heterocycles. The number of amides is 1. The van der Waals surface area contributed by atoms with Crippen LogP contribution in [-0.4, -0.2) is 52.0 Å². The van der Waals surface area contributed by atoms with Crippen molar-refractivity contribution in [3.63, 3.8) is 0 Å². The number of hydrogen-bond donors (Lipinski definition) is 0. The number of nitrogens with zero attached hydrogens (tertiary/aromatic N) is 2. The molecule has 1 amide bonds. The van der Waals surface area contributed by atoms with Gasteiger partial charge in [0.05, 0.1) is 18.1 Å². The van der Waals surface area contributed by atoms with Crippen molar-refractivity contribution in [2.45, 2.75) is 24.7 Å². The molecule has 150 valence electrons. The summed E-state index contributed by atoms with van der Waals surface area (Å²) < 4.78 is 32.4. The average molecular weight is 403 g/mol. The normalized spacial score (nSPS) is 15.6. The van der Waals surface area contributed by atoms with Crippen molar-refractivity contribution in [1.82, 2.24) is 4.31 Å². The van der Waals surface area contributed by atoms with E-state index in [9.17, 15) is 13.2 Å². The Morgan fingerprint density at radius 3 is 2.43 bits per heavy atom. The van der Waals surface area contributed by atoms with Crippen molar-refractivity contribution in [2.24, 2.45) is 0 Å². The molecule has 0 atom stereocenters. The number of anilines is 1. The van der Waals surface area contributed by atoms with Gasteiger partial charge in [-0.25, -0.2) is 8.42 Å². The SMILES string of the molecule is CC(C)c1cccc(N(C)C(=O)c2cccc(S(=O)(=O)N3CCOCC3)c2)c1. The summed E-state index contributed by atoms with van der Waals surface area (Å²) in [5.74, 6) is 0.102. The maximum Gasteiger partial charge on any atom is 0.258 e. The molecule has 3 rings (SSSR count). The van der Waals surface area contributed by atoms with Gasteiger partial charge in [-0.05, 0) is 41.8 Å². The molecule has 0 aromatic heterocycles. The van der Waals surface area contributed by atoms with Crippen molar-refractivity contribution in [3.8, 4) is 0 Å². The van der Waals surface area contributed by atoms with Crippen LogP contribution in [0.4, 0.5) is 5.69 Å². The lowest BCUT2D eigenvalue weighted by Crippen LogP contribution is -2.40. The Bertz CT molecular complexity index is 950. The highest BCUT2D eigenvalue weighted by molar-refractivity contribution is 7.89. The van der Waals surface area contributed by atoms with Crippen molar-refractivity contribution in [3.05, 3.63) is 59.7 Å². The second-order valence-corrected chi connectivity index (χ2v) is 9.10. The fourth-order valence-corrected chi connectivity index (χ4v) is 4.58. The van der Waals surface area contributed by atoms with Crippen molar-refractivity contribution in [1.29, 1.82) is 0 Å². The minimum Gasteiger partial charge on any atom is -0.379 e. The van der Waals surface area contributed by atoms with Crippen molar-refractivity contribution in [2.75, 3.05) is 38.3 Å². The summed E-state index contributed by atoms with van der Waals surface area (Å²) in [6.07, 6.45) is 0. The van der Waals surface area contributed by atoms with Gasteiger partial charge in [0.1, 0.15) is 0 Å². The van der Waals surface area contributed by atoms with Gasteiger partial charge in [0, 0.05) is 31.4 Å². The van der Waals surface area contributed by atoms with Gasteiger partial charge in [0.25, 0.3) is 5.91 Å². The van der Waals surface area contributed by atoms with Crippen LogP contribution in [-0.2, 0) is 14.8 Å². The van der Waals surface area contributed by atoms with Gasteiger partial charge in [-0.1, -0.05) is 32.0 Å². The predicted molar refractivity (Wildman–Crippen MR) is 109 cm³/mol. The third-order valence-corrected chi connectivity index (χ3v) is 6.81. The molecule has 2 aromatic rings. The quantitative estimate of drug-likeness (QED) is 0.771. The molecular formula is C21H26N2O4S. The van der Waals surface area contributed by atoms with E-state index >= 15 is 0 Å². The van der Waals surface area contributed by atoms with E-state index < -0.39 is 10.0 Å². The van der Waals surface area contributed by atoms with Gasteiger partial charge in [-0.2, -0.15) is 4.31 Å². The summed E-state index contributed by atoms with van der Waals surface area (Å²) in [5.41, 5.74) is 2.25. The fraction of sp³-hybridized carbons (Fsp3) is 0.381. The summed E-state index contributed by atoms with van der Waals surface area (Å²) in [5, 5.41) is 0. The Kier molecular flexibility index (Phi) is 6.17. The molecule has 1 heterocycles. The fourth-order valence-electron chi connectivity index (χ4n) is 3.13. The number of carbonyl (C=O) groups excluding carboxylic acids is 1. The first kappa shape index (κ1) is 20.5. The molecule has 6 nitrogen and oxygen atoms in total. The standard InChI is InChI=1S/C21H26N2O4S/c1-16(2)17-6-4-8-19(14-17)22(3)21(24)18-7-5-9-20(15-18)28(25,26)23-10-12-27-13-11-23/h4-9,14-16H,10-13H2,1-3H3. The van der Waals surface area contributed by atoms with Crippen LogP contribution in [0, 0.1) is 0 Å². The first-order chi connectivity index (χ1) is 13.3. The highest BCUT2D eigenvalue weighted by Crippen LogP contribution is 2.23. The lowest BCUT2D eigenvalue weighted by atomic mass is 10.0. The highest BCUT2D eigenvalue weighted by Gasteiger charge is 2.27. The van der Waals surface area contributed by atoms with E-state index in [2.05, 4.69) is 13.8 Å². The van der Waals surface area contributed by atoms with Crippen LogP contribution in [0.1, 0.15) is 35.7 Å². The molecule has 1 fully saturated rings. The zero-order valence-corrected chi connectivity index (χ0v) is 17.3. The zero-order chi connectivity index (χ0) is 20.3. The van der Waals surface area contributed by atoms with Crippen LogP contribution in [0.5, 0.6) is 0 Å². The minimum absolute atomic E-state index is 0.129. The molecule has 1 aliphatic heterocycles. The lowest BCUT2D eigenvalue weighted by molar-refractivity contribution is 0.0730. The van der Waals surface area contributed by atoms with Crippen LogP contribution >= 0.6 is 0 Å². The van der Waals surface area contributed by atoms with Gasteiger partial charge in [0.2, 0.25) is 10.0 Å². The van der Waals surface area contributed by atoms with Crippen LogP contribution in [0.2, 0.25) is 0 Å². The van der Waals surface area contributed by atoms with E-state index in [-0.39, 0.29) is 10.8 Å². The molecule has 1 aliphatic rings. The van der Waals surface area contributed by atoms with E-state index in [1.54, 1.807) is 24.1 Å². The molecule has 0 saturated carbocycles. The van der Waals surface area contributed by atoms with E-state index in [1.807, 2.05) is 24.3 Å². The second-order valence-electron chi connectivity index (χ2n) is 7.16. The third-order valence-electron chi connectivity index (χ3n) is 4.92. The van der Waals surface area contributed by atoms with Crippen LogP contribution in [0.15, 0.2) is 53.4 Å². The minimum atomic E-state index is -3.64. The maximum atomic E-state index is 13.0. The van der Waals surface area contributed by atoms with Gasteiger partial charge in [-0.3, -0.25) is 4.79 Å². The summed E-state index contributed by atoms with van der Waals surface area (Å²) in [6, 6.07) is 14.0. The molecule has 7 heteroatoms. The van der Waals surface area contributed by atoms with E-state index in [4.69, 9.17) is 4.74 Å². The number of morpholine rings is 1. The lowest BCUT2D eigenvalue weighted by Gasteiger charge is -2.26. The molecule has 0 bridgehead atoms. The number of sulfonamides is 1. The predicted octanol–water partition coefficient (Wildman–Crippen LogP) is 3.11. The average Bonchev–Trinajstić information content (AvgIpc) is 2.73. The number of benzene rings is 2. The summed E-state index contributed by atoms with van der Waals surface area (Å²) in [7, 11) is -1.94. The van der Waals surface area contributed by atoms with Gasteiger partial charge < -0.3 is 9.64 Å². The first-order valence-electron chi connectivity index (χ1n) is 9.36. The van der Waals surface area contributed by atoms with E-state index in [0.29, 0.717) is 37.8 Å². The van der Waals surface area contributed by atoms with Crippen molar-refractivity contribution < 1.29 is 17.9 Å². The van der Waals surface area contributed by atoms with Crippen LogP contribution in [0.3, 0.4) is 0 Å². The summed E-state index contributed by atoms with van der Waals surface area (Å²) in [6.45, 7) is 5.60. The molecule has 0 unspecified atom stereocenters. The van der Waals surface area contributed by atoms with Gasteiger partial charge in [-0.15, -0.1) is 0 Å². The van der Waals surface area contributed by atoms with Crippen LogP contribution < -0.4 is 4.90 Å². The second kappa shape index (κ2) is 8.43. The smallest absolute Gasteiger partial charge is 0.258 e. The largest absolute Gasteiger partial charge is 0.379 e. The number of hydrogen-bond acceptors (Lipinski definition) is 4. The third kappa shape index (κ3) is 4.27. The van der Waals surface area contributed by atoms with Crippen molar-refractivity contribution >= 4 is 21.6 Å². The van der Waals surface area contributed by atoms with Gasteiger partial charge >= 0.3 is 0 Å². The summed E-state index contributed by atoms with van der Waals surface area (Å²) in [4.78, 5) is 14.7. The van der Waals surface area contributed by atoms with Gasteiger partial charge in [0.15, 0.2) is 0 Å². The Morgan fingerprint density at radius 1 is 1.07 bits per heavy atom. The number of carbonyl (C=O) groups is 1. The molecule has 0 aliphatic carbocycles. The highest BCUT2D eigenvalue weighted by atomic mass is 32.2. The molecule has 0 radical (unpaired) electrons. The Morgan fingerprint density at radius 2 is 1.75 bits per heavy atom. The maximum absolute atomic E-state index is 13.0. The van der Waals surface area contributed by atoms with E-state index in [0.717, 1.165) is 11.3 Å². The summed E-state index contributed by atoms with van der Waals surface area (Å²) >= 11 is 0. The first-order valence-corrected chi connectivity index (χ1v) is 10.8. The van der Waals surface area contributed by atoms with Crippen LogP contribution in [0.25, 0.3) is 0 Å².